The molecule has 0 aromatic heterocycles. The quantitative estimate of drug-likeness (QED) is 0.293. The molecule has 35 heavy (non-hydrogen) atoms. The average Bonchev–Trinajstić information content (AvgIpc) is 2.82. The highest BCUT2D eigenvalue weighted by Crippen LogP contribution is 2.43. The summed E-state index contributed by atoms with van der Waals surface area (Å²) in [7, 11) is 0. The Kier molecular flexibility index (Phi) is 7.68. The van der Waals surface area contributed by atoms with Crippen LogP contribution in [-0.2, 0) is 0 Å². The number of benzene rings is 2. The van der Waals surface area contributed by atoms with Crippen LogP contribution < -0.4 is 0 Å². The van der Waals surface area contributed by atoms with E-state index in [9.17, 15) is 26.3 Å². The van der Waals surface area contributed by atoms with E-state index in [1.807, 2.05) is 12.1 Å². The molecule has 0 radical (unpaired) electrons. The molecule has 2 saturated carbocycles. The molecule has 2 aromatic rings. The van der Waals surface area contributed by atoms with Gasteiger partial charge in [-0.3, -0.25) is 0 Å². The van der Waals surface area contributed by atoms with Crippen LogP contribution in [0.25, 0.3) is 11.1 Å². The van der Waals surface area contributed by atoms with Gasteiger partial charge in [0.25, 0.3) is 0 Å². The summed E-state index contributed by atoms with van der Waals surface area (Å²) in [5.41, 5.74) is 2.37. The first-order chi connectivity index (χ1) is 16.5. The predicted octanol–water partition coefficient (Wildman–Crippen LogP) is 9.97. The molecule has 190 valence electrons. The van der Waals surface area contributed by atoms with Gasteiger partial charge in [0.1, 0.15) is 5.57 Å². The lowest BCUT2D eigenvalue weighted by molar-refractivity contribution is -0.172. The molecule has 0 heterocycles. The van der Waals surface area contributed by atoms with E-state index in [-0.39, 0.29) is 5.92 Å². The van der Waals surface area contributed by atoms with E-state index in [1.54, 1.807) is 0 Å². The zero-order valence-corrected chi connectivity index (χ0v) is 19.9. The van der Waals surface area contributed by atoms with Gasteiger partial charge in [0.2, 0.25) is 0 Å². The number of rotatable bonds is 4. The first-order valence-electron chi connectivity index (χ1n) is 12.6. The molecular weight excluding hydrogens is 462 g/mol. The summed E-state index contributed by atoms with van der Waals surface area (Å²) < 4.78 is 77.0. The standard InChI is InChI=1S/C29H32F6/c1-19-2-6-21(7-3-19)23-10-14-25(15-11-23)26-16-12-24(13-17-26)22-8-4-20(5-9-22)18-27(28(30,31)32)29(33,34)35/h10-22H,2-9H2,1H3. The second-order valence-corrected chi connectivity index (χ2v) is 10.4. The highest BCUT2D eigenvalue weighted by Gasteiger charge is 2.51. The van der Waals surface area contributed by atoms with Crippen LogP contribution in [0, 0.1) is 11.8 Å². The minimum atomic E-state index is -5.38. The van der Waals surface area contributed by atoms with Crippen molar-refractivity contribution in [1.29, 1.82) is 0 Å². The van der Waals surface area contributed by atoms with Gasteiger partial charge in [0, 0.05) is 0 Å². The monoisotopic (exact) mass is 494 g/mol. The van der Waals surface area contributed by atoms with E-state index in [0.717, 1.165) is 22.6 Å². The molecule has 4 rings (SSSR count). The Bertz CT molecular complexity index is 965. The van der Waals surface area contributed by atoms with E-state index in [1.165, 1.54) is 31.2 Å². The number of halogens is 6. The number of hydrogen-bond donors (Lipinski definition) is 0. The van der Waals surface area contributed by atoms with Gasteiger partial charge in [0.05, 0.1) is 0 Å². The van der Waals surface area contributed by atoms with Crippen LogP contribution in [-0.4, -0.2) is 12.4 Å². The molecular formula is C29H32F6. The summed E-state index contributed by atoms with van der Waals surface area (Å²) in [5.74, 6) is 0.934. The molecule has 0 bridgehead atoms. The first kappa shape index (κ1) is 25.8. The Morgan fingerprint density at radius 3 is 1.34 bits per heavy atom. The maximum absolute atomic E-state index is 12.8. The highest BCUT2D eigenvalue weighted by atomic mass is 19.4. The lowest BCUT2D eigenvalue weighted by Crippen LogP contribution is -2.27. The van der Waals surface area contributed by atoms with Crippen molar-refractivity contribution in [1.82, 2.24) is 0 Å². The van der Waals surface area contributed by atoms with Crippen LogP contribution in [0.1, 0.15) is 81.3 Å². The Balaban J connectivity index is 1.36. The SMILES string of the molecule is CC1CCC(c2ccc(-c3ccc(C4CCC(C=C(C(F)(F)F)C(F)(F)F)CC4)cc3)cc2)CC1. The van der Waals surface area contributed by atoms with E-state index in [0.29, 0.717) is 37.7 Å². The number of hydrogen-bond acceptors (Lipinski definition) is 0. The van der Waals surface area contributed by atoms with Crippen molar-refractivity contribution in [3.63, 3.8) is 0 Å². The Morgan fingerprint density at radius 1 is 0.600 bits per heavy atom. The third kappa shape index (κ3) is 6.50. The maximum Gasteiger partial charge on any atom is 0.421 e. The van der Waals surface area contributed by atoms with Crippen molar-refractivity contribution in [2.75, 3.05) is 0 Å². The van der Waals surface area contributed by atoms with Gasteiger partial charge in [-0.2, -0.15) is 26.3 Å². The number of alkyl halides is 6. The van der Waals surface area contributed by atoms with Crippen molar-refractivity contribution >= 4 is 0 Å². The molecule has 2 aliphatic carbocycles. The molecule has 0 aliphatic heterocycles. The van der Waals surface area contributed by atoms with Gasteiger partial charge in [0.15, 0.2) is 0 Å². The maximum atomic E-state index is 12.8. The zero-order valence-electron chi connectivity index (χ0n) is 19.9. The van der Waals surface area contributed by atoms with Crippen LogP contribution in [0.2, 0.25) is 0 Å². The second kappa shape index (κ2) is 10.4. The number of allylic oxidation sites excluding steroid dienone is 2. The second-order valence-electron chi connectivity index (χ2n) is 10.4. The van der Waals surface area contributed by atoms with Crippen LogP contribution in [0.4, 0.5) is 26.3 Å². The third-order valence-corrected chi connectivity index (χ3v) is 7.90. The summed E-state index contributed by atoms with van der Waals surface area (Å²) >= 11 is 0. The fourth-order valence-electron chi connectivity index (χ4n) is 5.69. The molecule has 2 aliphatic rings. The normalized spacial score (nSPS) is 25.8. The van der Waals surface area contributed by atoms with Crippen molar-refractivity contribution in [2.24, 2.45) is 11.8 Å². The minimum absolute atomic E-state index is 0.157. The molecule has 0 atom stereocenters. The predicted molar refractivity (Wildman–Crippen MR) is 127 cm³/mol. The van der Waals surface area contributed by atoms with Gasteiger partial charge in [-0.15, -0.1) is 0 Å². The van der Waals surface area contributed by atoms with E-state index in [2.05, 4.69) is 43.3 Å². The Morgan fingerprint density at radius 2 is 0.971 bits per heavy atom. The van der Waals surface area contributed by atoms with Crippen molar-refractivity contribution in [2.45, 2.75) is 82.5 Å². The molecule has 2 fully saturated rings. The Hall–Kier alpha value is -2.24. The van der Waals surface area contributed by atoms with E-state index >= 15 is 0 Å². The minimum Gasteiger partial charge on any atom is -0.166 e. The van der Waals surface area contributed by atoms with Gasteiger partial charge in [-0.25, -0.2) is 0 Å². The summed E-state index contributed by atoms with van der Waals surface area (Å²) in [6.45, 7) is 2.32. The molecule has 0 unspecified atom stereocenters. The van der Waals surface area contributed by atoms with Crippen molar-refractivity contribution in [3.8, 4) is 11.1 Å². The molecule has 6 heteroatoms. The summed E-state index contributed by atoms with van der Waals surface area (Å²) in [6.07, 6.45) is -3.46. The van der Waals surface area contributed by atoms with Crippen LogP contribution in [0.5, 0.6) is 0 Å². The van der Waals surface area contributed by atoms with Gasteiger partial charge in [-0.1, -0.05) is 74.4 Å². The lowest BCUT2D eigenvalue weighted by Gasteiger charge is -2.28. The molecule has 0 spiro atoms. The summed E-state index contributed by atoms with van der Waals surface area (Å²) in [6, 6.07) is 17.0. The lowest BCUT2D eigenvalue weighted by atomic mass is 9.78. The highest BCUT2D eigenvalue weighted by molar-refractivity contribution is 5.64. The Labute approximate surface area is 203 Å². The van der Waals surface area contributed by atoms with Gasteiger partial charge in [-0.05, 0) is 84.5 Å². The van der Waals surface area contributed by atoms with Crippen LogP contribution in [0.15, 0.2) is 60.2 Å². The average molecular weight is 495 g/mol. The van der Waals surface area contributed by atoms with Gasteiger partial charge >= 0.3 is 12.4 Å². The zero-order chi connectivity index (χ0) is 25.2. The molecule has 0 N–H and O–H groups in total. The topological polar surface area (TPSA) is 0 Å². The van der Waals surface area contributed by atoms with Crippen LogP contribution >= 0.6 is 0 Å². The molecule has 0 nitrogen and oxygen atoms in total. The van der Waals surface area contributed by atoms with Crippen molar-refractivity contribution in [3.05, 3.63) is 71.3 Å². The summed E-state index contributed by atoms with van der Waals surface area (Å²) in [4.78, 5) is 0. The largest absolute Gasteiger partial charge is 0.421 e. The van der Waals surface area contributed by atoms with Gasteiger partial charge < -0.3 is 0 Å². The van der Waals surface area contributed by atoms with Crippen LogP contribution in [0.3, 0.4) is 0 Å². The smallest absolute Gasteiger partial charge is 0.166 e. The fraction of sp³-hybridized carbons (Fsp3) is 0.517. The molecule has 0 saturated heterocycles. The first-order valence-corrected chi connectivity index (χ1v) is 12.6. The van der Waals surface area contributed by atoms with E-state index in [4.69, 9.17) is 0 Å². The fourth-order valence-corrected chi connectivity index (χ4v) is 5.69. The summed E-state index contributed by atoms with van der Waals surface area (Å²) in [5, 5.41) is 0. The molecule has 2 aromatic carbocycles. The third-order valence-electron chi connectivity index (χ3n) is 7.90. The van der Waals surface area contributed by atoms with E-state index < -0.39 is 23.8 Å². The van der Waals surface area contributed by atoms with Crippen molar-refractivity contribution < 1.29 is 26.3 Å². The molecule has 0 amide bonds.